The van der Waals surface area contributed by atoms with Crippen molar-refractivity contribution in [3.8, 4) is 11.1 Å². The van der Waals surface area contributed by atoms with E-state index in [4.69, 9.17) is 18.0 Å². The molecule has 0 aliphatic heterocycles. The van der Waals surface area contributed by atoms with E-state index in [1.807, 2.05) is 0 Å². The molecule has 0 heterocycles. The number of nitrogens with two attached hydrogens (primary N) is 1. The standard InChI is InChI=1S/C15H12F3NS/c1-9(20)10-6-7-14(19)12(8-10)11-4-2-3-5-13(11)15(16,17)18/h2-8H,19H2,1H3. The molecule has 104 valence electrons. The van der Waals surface area contributed by atoms with Crippen LogP contribution in [0.4, 0.5) is 18.9 Å². The van der Waals surface area contributed by atoms with Crippen LogP contribution < -0.4 is 5.73 Å². The van der Waals surface area contributed by atoms with Gasteiger partial charge in [0.15, 0.2) is 0 Å². The highest BCUT2D eigenvalue weighted by atomic mass is 32.1. The van der Waals surface area contributed by atoms with E-state index >= 15 is 0 Å². The molecule has 0 fully saturated rings. The van der Waals surface area contributed by atoms with Gasteiger partial charge in [-0.15, -0.1) is 0 Å². The molecule has 0 bridgehead atoms. The van der Waals surface area contributed by atoms with Gasteiger partial charge in [-0.1, -0.05) is 36.5 Å². The zero-order chi connectivity index (χ0) is 14.9. The van der Waals surface area contributed by atoms with Crippen LogP contribution >= 0.6 is 12.2 Å². The van der Waals surface area contributed by atoms with E-state index in [2.05, 4.69) is 0 Å². The summed E-state index contributed by atoms with van der Waals surface area (Å²) in [5.41, 5.74) is 6.52. The lowest BCUT2D eigenvalue weighted by molar-refractivity contribution is -0.137. The monoisotopic (exact) mass is 295 g/mol. The summed E-state index contributed by atoms with van der Waals surface area (Å²) in [6, 6.07) is 10.3. The summed E-state index contributed by atoms with van der Waals surface area (Å²) in [7, 11) is 0. The van der Waals surface area contributed by atoms with E-state index in [9.17, 15) is 13.2 Å². The van der Waals surface area contributed by atoms with Crippen LogP contribution in [-0.4, -0.2) is 4.86 Å². The first-order valence-corrected chi connectivity index (χ1v) is 6.28. The van der Waals surface area contributed by atoms with Gasteiger partial charge in [-0.05, 0) is 36.2 Å². The third-order valence-electron chi connectivity index (χ3n) is 2.98. The van der Waals surface area contributed by atoms with E-state index in [-0.39, 0.29) is 5.56 Å². The van der Waals surface area contributed by atoms with Crippen LogP contribution in [0.1, 0.15) is 18.1 Å². The summed E-state index contributed by atoms with van der Waals surface area (Å²) < 4.78 is 39.2. The fourth-order valence-corrected chi connectivity index (χ4v) is 2.10. The smallest absolute Gasteiger partial charge is 0.398 e. The van der Waals surface area contributed by atoms with Crippen LogP contribution in [0.2, 0.25) is 0 Å². The van der Waals surface area contributed by atoms with E-state index in [0.29, 0.717) is 21.7 Å². The number of nitrogen functional groups attached to an aromatic ring is 1. The molecule has 0 saturated carbocycles. The van der Waals surface area contributed by atoms with Gasteiger partial charge in [0.1, 0.15) is 0 Å². The highest BCUT2D eigenvalue weighted by Crippen LogP contribution is 2.39. The van der Waals surface area contributed by atoms with Crippen LogP contribution in [0.3, 0.4) is 0 Å². The van der Waals surface area contributed by atoms with Crippen LogP contribution in [0, 0.1) is 0 Å². The zero-order valence-electron chi connectivity index (χ0n) is 10.7. The fourth-order valence-electron chi connectivity index (χ4n) is 1.97. The minimum atomic E-state index is -4.42. The summed E-state index contributed by atoms with van der Waals surface area (Å²) in [4.78, 5) is 0.607. The molecule has 0 amide bonds. The van der Waals surface area contributed by atoms with E-state index < -0.39 is 11.7 Å². The molecular formula is C15H12F3NS. The number of thiocarbonyl (C=S) groups is 1. The van der Waals surface area contributed by atoms with Crippen LogP contribution in [0.5, 0.6) is 0 Å². The highest BCUT2D eigenvalue weighted by Gasteiger charge is 2.33. The number of rotatable bonds is 2. The molecular weight excluding hydrogens is 283 g/mol. The molecule has 5 heteroatoms. The second-order valence-corrected chi connectivity index (χ2v) is 5.01. The average Bonchev–Trinajstić information content (AvgIpc) is 2.38. The molecule has 0 spiro atoms. The Bertz CT molecular complexity index is 662. The number of hydrogen-bond acceptors (Lipinski definition) is 2. The third-order valence-corrected chi connectivity index (χ3v) is 3.22. The Morgan fingerprint density at radius 1 is 1.05 bits per heavy atom. The maximum Gasteiger partial charge on any atom is 0.417 e. The maximum absolute atomic E-state index is 13.1. The molecule has 2 aromatic rings. The lowest BCUT2D eigenvalue weighted by atomic mass is 9.95. The molecule has 2 rings (SSSR count). The number of halogens is 3. The summed E-state index contributed by atoms with van der Waals surface area (Å²) in [6.45, 7) is 1.72. The molecule has 0 aliphatic rings. The molecule has 20 heavy (non-hydrogen) atoms. The fraction of sp³-hybridized carbons (Fsp3) is 0.133. The minimum Gasteiger partial charge on any atom is -0.398 e. The number of hydrogen-bond donors (Lipinski definition) is 1. The quantitative estimate of drug-likeness (QED) is 0.494. The van der Waals surface area contributed by atoms with Crippen molar-refractivity contribution in [3.63, 3.8) is 0 Å². The first-order valence-electron chi connectivity index (χ1n) is 5.88. The van der Waals surface area contributed by atoms with Crippen molar-refractivity contribution >= 4 is 22.8 Å². The molecule has 0 aliphatic carbocycles. The van der Waals surface area contributed by atoms with E-state index in [1.165, 1.54) is 12.1 Å². The lowest BCUT2D eigenvalue weighted by Gasteiger charge is -2.15. The van der Waals surface area contributed by atoms with Gasteiger partial charge in [-0.3, -0.25) is 0 Å². The van der Waals surface area contributed by atoms with Crippen LogP contribution in [0.25, 0.3) is 11.1 Å². The van der Waals surface area contributed by atoms with Crippen molar-refractivity contribution < 1.29 is 13.2 Å². The first kappa shape index (κ1) is 14.5. The van der Waals surface area contributed by atoms with Crippen molar-refractivity contribution in [2.24, 2.45) is 0 Å². The van der Waals surface area contributed by atoms with Gasteiger partial charge in [-0.2, -0.15) is 13.2 Å². The molecule has 1 nitrogen and oxygen atoms in total. The van der Waals surface area contributed by atoms with Crippen molar-refractivity contribution in [1.29, 1.82) is 0 Å². The summed E-state index contributed by atoms with van der Waals surface area (Å²) in [5.74, 6) is 0. The number of benzene rings is 2. The van der Waals surface area contributed by atoms with E-state index in [0.717, 1.165) is 6.07 Å². The summed E-state index contributed by atoms with van der Waals surface area (Å²) in [5, 5.41) is 0. The minimum absolute atomic E-state index is 0.0654. The number of anilines is 1. The van der Waals surface area contributed by atoms with Gasteiger partial charge in [0.05, 0.1) is 5.56 Å². The van der Waals surface area contributed by atoms with Gasteiger partial charge in [0, 0.05) is 16.1 Å². The topological polar surface area (TPSA) is 26.0 Å². The van der Waals surface area contributed by atoms with Gasteiger partial charge in [-0.25, -0.2) is 0 Å². The molecule has 0 radical (unpaired) electrons. The zero-order valence-corrected chi connectivity index (χ0v) is 11.5. The molecule has 0 atom stereocenters. The molecule has 2 N–H and O–H groups in total. The molecule has 0 unspecified atom stereocenters. The average molecular weight is 295 g/mol. The van der Waals surface area contributed by atoms with Crippen molar-refractivity contribution in [2.75, 3.05) is 5.73 Å². The first-order chi connectivity index (χ1) is 9.30. The van der Waals surface area contributed by atoms with Crippen molar-refractivity contribution in [3.05, 3.63) is 53.6 Å². The second-order valence-electron chi connectivity index (χ2n) is 4.40. The molecule has 0 saturated heterocycles. The van der Waals surface area contributed by atoms with Crippen LogP contribution in [0.15, 0.2) is 42.5 Å². The predicted molar refractivity (Wildman–Crippen MR) is 78.7 cm³/mol. The van der Waals surface area contributed by atoms with Crippen molar-refractivity contribution in [1.82, 2.24) is 0 Å². The second kappa shape index (κ2) is 5.25. The summed E-state index contributed by atoms with van der Waals surface area (Å²) in [6.07, 6.45) is -4.42. The molecule has 0 aromatic heterocycles. The molecule has 2 aromatic carbocycles. The van der Waals surface area contributed by atoms with Gasteiger partial charge < -0.3 is 5.73 Å². The van der Waals surface area contributed by atoms with Crippen LogP contribution in [-0.2, 0) is 6.18 Å². The number of alkyl halides is 3. The maximum atomic E-state index is 13.1. The largest absolute Gasteiger partial charge is 0.417 e. The van der Waals surface area contributed by atoms with Gasteiger partial charge in [0.25, 0.3) is 0 Å². The van der Waals surface area contributed by atoms with Gasteiger partial charge >= 0.3 is 6.18 Å². The highest BCUT2D eigenvalue weighted by molar-refractivity contribution is 7.80. The Morgan fingerprint density at radius 3 is 2.30 bits per heavy atom. The predicted octanol–water partition coefficient (Wildman–Crippen LogP) is 4.69. The Morgan fingerprint density at radius 2 is 1.70 bits per heavy atom. The Balaban J connectivity index is 2.69. The summed E-state index contributed by atoms with van der Waals surface area (Å²) >= 11 is 5.06. The third kappa shape index (κ3) is 2.82. The Hall–Kier alpha value is -1.88. The SMILES string of the molecule is CC(=S)c1ccc(N)c(-c2ccccc2C(F)(F)F)c1. The Labute approximate surface area is 120 Å². The lowest BCUT2D eigenvalue weighted by Crippen LogP contribution is -2.08. The van der Waals surface area contributed by atoms with Crippen molar-refractivity contribution in [2.45, 2.75) is 13.1 Å². The normalized spacial score (nSPS) is 11.4. The Kier molecular flexibility index (Phi) is 3.81. The van der Waals surface area contributed by atoms with E-state index in [1.54, 1.807) is 31.2 Å². The van der Waals surface area contributed by atoms with Gasteiger partial charge in [0.2, 0.25) is 0 Å².